The lowest BCUT2D eigenvalue weighted by molar-refractivity contribution is 0.264. The van der Waals surface area contributed by atoms with Crippen molar-refractivity contribution in [1.29, 1.82) is 0 Å². The SMILES string of the molecule is C=C(C)CNC1(CN)CCCCCCC1. The van der Waals surface area contributed by atoms with Gasteiger partial charge in [0.15, 0.2) is 0 Å². The highest BCUT2D eigenvalue weighted by Crippen LogP contribution is 2.25. The van der Waals surface area contributed by atoms with E-state index in [1.807, 2.05) is 0 Å². The monoisotopic (exact) mass is 210 g/mol. The van der Waals surface area contributed by atoms with E-state index < -0.39 is 0 Å². The van der Waals surface area contributed by atoms with Gasteiger partial charge >= 0.3 is 0 Å². The Morgan fingerprint density at radius 1 is 1.20 bits per heavy atom. The lowest BCUT2D eigenvalue weighted by Crippen LogP contribution is -2.52. The first-order valence-electron chi connectivity index (χ1n) is 6.28. The molecule has 0 radical (unpaired) electrons. The normalized spacial score (nSPS) is 21.7. The Balaban J connectivity index is 2.49. The lowest BCUT2D eigenvalue weighted by atomic mass is 9.84. The molecule has 0 unspecified atom stereocenters. The molecular formula is C13H26N2. The van der Waals surface area contributed by atoms with Crippen molar-refractivity contribution in [3.8, 4) is 0 Å². The van der Waals surface area contributed by atoms with Crippen LogP contribution < -0.4 is 11.1 Å². The maximum Gasteiger partial charge on any atom is 0.0306 e. The zero-order valence-electron chi connectivity index (χ0n) is 10.1. The number of hydrogen-bond donors (Lipinski definition) is 2. The lowest BCUT2D eigenvalue weighted by Gasteiger charge is -2.35. The van der Waals surface area contributed by atoms with Crippen molar-refractivity contribution >= 4 is 0 Å². The molecule has 1 rings (SSSR count). The maximum atomic E-state index is 5.95. The number of rotatable bonds is 4. The van der Waals surface area contributed by atoms with Gasteiger partial charge in [-0.15, -0.1) is 0 Å². The van der Waals surface area contributed by atoms with Gasteiger partial charge in [0, 0.05) is 18.6 Å². The van der Waals surface area contributed by atoms with Crippen LogP contribution in [0.5, 0.6) is 0 Å². The van der Waals surface area contributed by atoms with Gasteiger partial charge in [-0.1, -0.05) is 44.3 Å². The van der Waals surface area contributed by atoms with Crippen molar-refractivity contribution in [3.05, 3.63) is 12.2 Å². The molecule has 0 aromatic carbocycles. The van der Waals surface area contributed by atoms with Crippen molar-refractivity contribution in [2.45, 2.75) is 57.4 Å². The Hall–Kier alpha value is -0.340. The molecule has 1 aliphatic carbocycles. The molecule has 0 aromatic rings. The van der Waals surface area contributed by atoms with E-state index in [2.05, 4.69) is 18.8 Å². The van der Waals surface area contributed by atoms with Crippen LogP contribution in [0.3, 0.4) is 0 Å². The highest BCUT2D eigenvalue weighted by molar-refractivity contribution is 4.97. The standard InChI is InChI=1S/C13H26N2/c1-12(2)10-15-13(11-14)8-6-4-3-5-7-9-13/h15H,1,3-11,14H2,2H3. The highest BCUT2D eigenvalue weighted by Gasteiger charge is 2.27. The van der Waals surface area contributed by atoms with E-state index in [1.54, 1.807) is 0 Å². The summed E-state index contributed by atoms with van der Waals surface area (Å²) in [5.74, 6) is 0. The summed E-state index contributed by atoms with van der Waals surface area (Å²) >= 11 is 0. The van der Waals surface area contributed by atoms with E-state index in [9.17, 15) is 0 Å². The zero-order chi connectivity index (χ0) is 11.1. The summed E-state index contributed by atoms with van der Waals surface area (Å²) in [5, 5.41) is 3.63. The predicted molar refractivity (Wildman–Crippen MR) is 66.9 cm³/mol. The molecule has 0 heterocycles. The molecule has 1 saturated carbocycles. The third-order valence-electron chi connectivity index (χ3n) is 3.47. The first kappa shape index (κ1) is 12.7. The minimum Gasteiger partial charge on any atom is -0.329 e. The smallest absolute Gasteiger partial charge is 0.0306 e. The third kappa shape index (κ3) is 4.35. The summed E-state index contributed by atoms with van der Waals surface area (Å²) in [4.78, 5) is 0. The molecule has 0 spiro atoms. The second-order valence-electron chi connectivity index (χ2n) is 5.06. The van der Waals surface area contributed by atoms with E-state index in [0.717, 1.165) is 13.1 Å². The van der Waals surface area contributed by atoms with Gasteiger partial charge in [0.05, 0.1) is 0 Å². The zero-order valence-corrected chi connectivity index (χ0v) is 10.1. The molecule has 0 atom stereocenters. The first-order chi connectivity index (χ1) is 7.18. The first-order valence-corrected chi connectivity index (χ1v) is 6.28. The van der Waals surface area contributed by atoms with Crippen molar-refractivity contribution in [2.24, 2.45) is 5.73 Å². The fourth-order valence-corrected chi connectivity index (χ4v) is 2.37. The van der Waals surface area contributed by atoms with Crippen LogP contribution in [-0.2, 0) is 0 Å². The Morgan fingerprint density at radius 2 is 1.73 bits per heavy atom. The van der Waals surface area contributed by atoms with E-state index >= 15 is 0 Å². The van der Waals surface area contributed by atoms with Gasteiger partial charge in [0.2, 0.25) is 0 Å². The second kappa shape index (κ2) is 6.29. The molecule has 2 heteroatoms. The Labute approximate surface area is 94.3 Å². The summed E-state index contributed by atoms with van der Waals surface area (Å²) < 4.78 is 0. The summed E-state index contributed by atoms with van der Waals surface area (Å²) in [6.07, 6.45) is 9.25. The highest BCUT2D eigenvalue weighted by atomic mass is 15.0. The average molecular weight is 210 g/mol. The maximum absolute atomic E-state index is 5.95. The van der Waals surface area contributed by atoms with E-state index in [-0.39, 0.29) is 5.54 Å². The van der Waals surface area contributed by atoms with Crippen molar-refractivity contribution in [2.75, 3.05) is 13.1 Å². The topological polar surface area (TPSA) is 38.0 Å². The van der Waals surface area contributed by atoms with Gasteiger partial charge in [-0.2, -0.15) is 0 Å². The Kier molecular flexibility index (Phi) is 5.34. The quantitative estimate of drug-likeness (QED) is 0.700. The van der Waals surface area contributed by atoms with E-state index in [1.165, 1.54) is 50.5 Å². The Bertz CT molecular complexity index is 191. The molecule has 0 bridgehead atoms. The van der Waals surface area contributed by atoms with Crippen LogP contribution in [0, 0.1) is 0 Å². The summed E-state index contributed by atoms with van der Waals surface area (Å²) in [5.41, 5.74) is 7.35. The molecule has 0 aliphatic heterocycles. The minimum absolute atomic E-state index is 0.194. The van der Waals surface area contributed by atoms with Gasteiger partial charge in [0.25, 0.3) is 0 Å². The molecule has 15 heavy (non-hydrogen) atoms. The summed E-state index contributed by atoms with van der Waals surface area (Å²) in [6, 6.07) is 0. The largest absolute Gasteiger partial charge is 0.329 e. The number of nitrogens with two attached hydrogens (primary N) is 1. The number of hydrogen-bond acceptors (Lipinski definition) is 2. The average Bonchev–Trinajstić information content (AvgIpc) is 2.17. The predicted octanol–water partition coefficient (Wildman–Crippen LogP) is 2.59. The molecule has 3 N–H and O–H groups in total. The molecule has 1 aliphatic rings. The second-order valence-corrected chi connectivity index (χ2v) is 5.06. The number of nitrogens with one attached hydrogen (secondary N) is 1. The van der Waals surface area contributed by atoms with Crippen LogP contribution in [0.1, 0.15) is 51.9 Å². The minimum atomic E-state index is 0.194. The van der Waals surface area contributed by atoms with Gasteiger partial charge in [-0.3, -0.25) is 0 Å². The van der Waals surface area contributed by atoms with Crippen molar-refractivity contribution in [1.82, 2.24) is 5.32 Å². The molecular weight excluding hydrogens is 184 g/mol. The molecule has 88 valence electrons. The van der Waals surface area contributed by atoms with Crippen molar-refractivity contribution in [3.63, 3.8) is 0 Å². The third-order valence-corrected chi connectivity index (χ3v) is 3.47. The van der Waals surface area contributed by atoms with Crippen LogP contribution in [0.15, 0.2) is 12.2 Å². The van der Waals surface area contributed by atoms with Crippen LogP contribution >= 0.6 is 0 Å². The fourth-order valence-electron chi connectivity index (χ4n) is 2.37. The molecule has 0 saturated heterocycles. The Morgan fingerprint density at radius 3 is 2.20 bits per heavy atom. The van der Waals surface area contributed by atoms with Gasteiger partial charge in [0.1, 0.15) is 0 Å². The van der Waals surface area contributed by atoms with Crippen LogP contribution in [0.4, 0.5) is 0 Å². The molecule has 0 aromatic heterocycles. The molecule has 2 nitrogen and oxygen atoms in total. The van der Waals surface area contributed by atoms with Crippen molar-refractivity contribution < 1.29 is 0 Å². The summed E-state index contributed by atoms with van der Waals surface area (Å²) in [7, 11) is 0. The van der Waals surface area contributed by atoms with Crippen LogP contribution in [0.25, 0.3) is 0 Å². The van der Waals surface area contributed by atoms with Gasteiger partial charge < -0.3 is 11.1 Å². The van der Waals surface area contributed by atoms with Crippen LogP contribution in [0.2, 0.25) is 0 Å². The fraction of sp³-hybridized carbons (Fsp3) is 0.846. The van der Waals surface area contributed by atoms with Crippen LogP contribution in [-0.4, -0.2) is 18.6 Å². The summed E-state index contributed by atoms with van der Waals surface area (Å²) in [6.45, 7) is 7.69. The van der Waals surface area contributed by atoms with Gasteiger partial charge in [-0.25, -0.2) is 0 Å². The van der Waals surface area contributed by atoms with Gasteiger partial charge in [-0.05, 0) is 19.8 Å². The van der Waals surface area contributed by atoms with E-state index in [4.69, 9.17) is 5.73 Å². The molecule has 1 fully saturated rings. The molecule has 0 amide bonds. The van der Waals surface area contributed by atoms with E-state index in [0.29, 0.717) is 0 Å².